The average molecular weight is 522 g/mol. The van der Waals surface area contributed by atoms with E-state index in [0.717, 1.165) is 27.9 Å². The molecule has 0 fully saturated rings. The second-order valence-corrected chi connectivity index (χ2v) is 9.57. The van der Waals surface area contributed by atoms with Crippen molar-refractivity contribution in [3.05, 3.63) is 70.5 Å². The van der Waals surface area contributed by atoms with Gasteiger partial charge < -0.3 is 33.7 Å². The van der Waals surface area contributed by atoms with E-state index in [1.807, 2.05) is 24.3 Å². The molecule has 0 spiro atoms. The second-order valence-electron chi connectivity index (χ2n) is 9.57. The van der Waals surface area contributed by atoms with Crippen molar-refractivity contribution in [2.45, 2.75) is 11.8 Å². The van der Waals surface area contributed by atoms with Gasteiger partial charge in [-0.1, -0.05) is 0 Å². The summed E-state index contributed by atoms with van der Waals surface area (Å²) in [6.07, 6.45) is 0. The first kappa shape index (κ1) is 24.2. The lowest BCUT2D eigenvalue weighted by Gasteiger charge is -2.46. The summed E-state index contributed by atoms with van der Waals surface area (Å²) in [6.45, 7) is 0.603. The molecular weight excluding hydrogens is 493 g/mol. The Bertz CT molecular complexity index is 1400. The number of esters is 1. The Labute approximate surface area is 219 Å². The van der Waals surface area contributed by atoms with Crippen LogP contribution in [-0.4, -0.2) is 47.7 Å². The van der Waals surface area contributed by atoms with Crippen LogP contribution in [0, 0.1) is 17.7 Å². The van der Waals surface area contributed by atoms with Gasteiger partial charge in [0.25, 0.3) is 0 Å². The van der Waals surface area contributed by atoms with Crippen LogP contribution >= 0.6 is 0 Å². The molecule has 38 heavy (non-hydrogen) atoms. The summed E-state index contributed by atoms with van der Waals surface area (Å²) in [5.74, 6) is 0.366. The van der Waals surface area contributed by atoms with E-state index in [0.29, 0.717) is 35.3 Å². The molecule has 0 aromatic heterocycles. The smallest absolute Gasteiger partial charge is 0.310 e. The summed E-state index contributed by atoms with van der Waals surface area (Å²) in [4.78, 5) is 13.6. The monoisotopic (exact) mass is 521 g/mol. The fourth-order valence-electron chi connectivity index (χ4n) is 6.33. The van der Waals surface area contributed by atoms with Gasteiger partial charge in [-0.15, -0.1) is 0 Å². The van der Waals surface area contributed by atoms with Crippen LogP contribution in [0.15, 0.2) is 42.5 Å². The minimum absolute atomic E-state index is 0.106. The third-order valence-corrected chi connectivity index (χ3v) is 7.89. The number of carbonyl (C=O) groups is 1. The highest BCUT2D eigenvalue weighted by Gasteiger charge is 2.51. The van der Waals surface area contributed by atoms with Gasteiger partial charge in [0.15, 0.2) is 23.0 Å². The maximum Gasteiger partial charge on any atom is 0.310 e. The Balaban J connectivity index is 1.64. The number of fused-ring (bicyclic) bond motifs is 6. The Morgan fingerprint density at radius 2 is 1.53 bits per heavy atom. The molecule has 3 aromatic rings. The number of benzene rings is 3. The molecule has 0 unspecified atom stereocenters. The molecular formula is C29H28FNO7. The lowest BCUT2D eigenvalue weighted by atomic mass is 9.59. The number of ether oxygens (including phenoxy) is 6. The van der Waals surface area contributed by atoms with Crippen LogP contribution < -0.4 is 29.0 Å². The molecule has 198 valence electrons. The maximum atomic E-state index is 14.5. The molecule has 3 aliphatic rings. The Morgan fingerprint density at radius 3 is 2.13 bits per heavy atom. The van der Waals surface area contributed by atoms with Crippen molar-refractivity contribution < 1.29 is 37.6 Å². The molecule has 6 rings (SSSR count). The van der Waals surface area contributed by atoms with E-state index in [-0.39, 0.29) is 30.4 Å². The van der Waals surface area contributed by atoms with E-state index in [2.05, 4.69) is 5.32 Å². The lowest BCUT2D eigenvalue weighted by molar-refractivity contribution is -0.148. The van der Waals surface area contributed by atoms with E-state index in [9.17, 15) is 9.18 Å². The first-order valence-electron chi connectivity index (χ1n) is 12.3. The van der Waals surface area contributed by atoms with Gasteiger partial charge in [0.05, 0.1) is 34.4 Å². The fourth-order valence-corrected chi connectivity index (χ4v) is 6.33. The van der Waals surface area contributed by atoms with Crippen molar-refractivity contribution in [1.29, 1.82) is 0 Å². The van der Waals surface area contributed by atoms with Crippen LogP contribution in [0.5, 0.6) is 28.7 Å². The molecule has 0 radical (unpaired) electrons. The number of carbonyl (C=O) groups excluding carboxylic acids is 1. The lowest BCUT2D eigenvalue weighted by Crippen LogP contribution is -2.44. The molecule has 0 bridgehead atoms. The summed E-state index contributed by atoms with van der Waals surface area (Å²) >= 11 is 0. The van der Waals surface area contributed by atoms with Crippen LogP contribution in [0.3, 0.4) is 0 Å². The highest BCUT2D eigenvalue weighted by Crippen LogP contribution is 2.58. The van der Waals surface area contributed by atoms with Crippen LogP contribution in [0.25, 0.3) is 0 Å². The third-order valence-electron chi connectivity index (χ3n) is 7.89. The summed E-state index contributed by atoms with van der Waals surface area (Å²) in [5, 5.41) is 3.42. The van der Waals surface area contributed by atoms with Gasteiger partial charge in [0.1, 0.15) is 5.82 Å². The number of nitrogens with one attached hydrogen (secondary N) is 1. The molecule has 2 heterocycles. The summed E-state index contributed by atoms with van der Waals surface area (Å²) in [7, 11) is 6.04. The highest BCUT2D eigenvalue weighted by atomic mass is 19.1. The maximum absolute atomic E-state index is 14.5. The summed E-state index contributed by atoms with van der Waals surface area (Å²) < 4.78 is 48.2. The molecule has 3 aromatic carbocycles. The molecule has 1 aliphatic carbocycles. The number of anilines is 1. The molecule has 0 saturated carbocycles. The molecule has 8 nitrogen and oxygen atoms in total. The van der Waals surface area contributed by atoms with E-state index in [1.54, 1.807) is 33.5 Å². The van der Waals surface area contributed by atoms with E-state index >= 15 is 0 Å². The Kier molecular flexibility index (Phi) is 5.93. The van der Waals surface area contributed by atoms with Gasteiger partial charge >= 0.3 is 5.97 Å². The first-order chi connectivity index (χ1) is 18.5. The SMILES string of the molecule is COC(=O)[C@H]1[C@H](c2cc(OC)c(OC)c(OC)c2)c2cc3c(cc2[C@@H]2c4cc(F)ccc4NC[C@@H]21)OCO3. The number of hydrogen-bond acceptors (Lipinski definition) is 8. The van der Waals surface area contributed by atoms with Gasteiger partial charge in [0, 0.05) is 30.0 Å². The standard InChI is InChI=1S/C29H28FNO7/c1-33-23-7-14(8-24(34-2)28(23)35-3)25-16-10-21-22(38-13-37-21)11-17(16)26-18-9-15(30)5-6-20(18)31-12-19(26)27(25)29(32)36-4/h5-11,19,25-27,31H,12-13H2,1-4H3/t19-,25+,26+,27+/m0/s1. The van der Waals surface area contributed by atoms with E-state index in [4.69, 9.17) is 28.4 Å². The highest BCUT2D eigenvalue weighted by molar-refractivity contribution is 5.78. The Hall–Kier alpha value is -4.14. The van der Waals surface area contributed by atoms with Gasteiger partial charge in [0.2, 0.25) is 12.5 Å². The quantitative estimate of drug-likeness (QED) is 0.485. The third kappa shape index (κ3) is 3.60. The van der Waals surface area contributed by atoms with Crippen molar-refractivity contribution in [2.24, 2.45) is 11.8 Å². The summed E-state index contributed by atoms with van der Waals surface area (Å²) in [6, 6.07) is 12.3. The number of hydrogen-bond donors (Lipinski definition) is 1. The van der Waals surface area contributed by atoms with Gasteiger partial charge in [-0.05, 0) is 64.7 Å². The number of halogens is 1. The minimum Gasteiger partial charge on any atom is -0.493 e. The minimum atomic E-state index is -0.607. The van der Waals surface area contributed by atoms with E-state index < -0.39 is 11.8 Å². The van der Waals surface area contributed by atoms with Crippen LogP contribution in [0.4, 0.5) is 10.1 Å². The van der Waals surface area contributed by atoms with Crippen molar-refractivity contribution in [1.82, 2.24) is 0 Å². The topological polar surface area (TPSA) is 84.5 Å². The molecule has 1 N–H and O–H groups in total. The molecule has 9 heteroatoms. The number of rotatable bonds is 5. The molecule has 0 amide bonds. The van der Waals surface area contributed by atoms with Crippen molar-refractivity contribution in [2.75, 3.05) is 47.1 Å². The Morgan fingerprint density at radius 1 is 0.868 bits per heavy atom. The molecule has 4 atom stereocenters. The molecule has 2 aliphatic heterocycles. The average Bonchev–Trinajstić information content (AvgIpc) is 3.41. The fraction of sp³-hybridized carbons (Fsp3) is 0.345. The van der Waals surface area contributed by atoms with Crippen molar-refractivity contribution in [3.8, 4) is 28.7 Å². The second kappa shape index (κ2) is 9.31. The predicted molar refractivity (Wildman–Crippen MR) is 136 cm³/mol. The zero-order valence-corrected chi connectivity index (χ0v) is 21.5. The predicted octanol–water partition coefficient (Wildman–Crippen LogP) is 4.69. The van der Waals surface area contributed by atoms with Crippen molar-refractivity contribution in [3.63, 3.8) is 0 Å². The van der Waals surface area contributed by atoms with Gasteiger partial charge in [-0.3, -0.25) is 4.79 Å². The largest absolute Gasteiger partial charge is 0.493 e. The first-order valence-corrected chi connectivity index (χ1v) is 12.3. The normalized spacial score (nSPS) is 22.3. The zero-order chi connectivity index (χ0) is 26.6. The van der Waals surface area contributed by atoms with Gasteiger partial charge in [-0.2, -0.15) is 0 Å². The number of methoxy groups -OCH3 is 4. The van der Waals surface area contributed by atoms with Gasteiger partial charge in [-0.25, -0.2) is 4.39 Å². The van der Waals surface area contributed by atoms with Crippen molar-refractivity contribution >= 4 is 11.7 Å². The molecule has 0 saturated heterocycles. The van der Waals surface area contributed by atoms with Crippen LogP contribution in [0.1, 0.15) is 34.1 Å². The van der Waals surface area contributed by atoms with Crippen LogP contribution in [0.2, 0.25) is 0 Å². The van der Waals surface area contributed by atoms with E-state index in [1.165, 1.54) is 13.2 Å². The van der Waals surface area contributed by atoms with Crippen LogP contribution in [-0.2, 0) is 9.53 Å². The zero-order valence-electron chi connectivity index (χ0n) is 21.5. The summed E-state index contributed by atoms with van der Waals surface area (Å²) in [5.41, 5.74) is 4.24.